The molecule has 3 heteroatoms. The van der Waals surface area contributed by atoms with E-state index in [0.717, 1.165) is 13.1 Å². The molecule has 1 aliphatic heterocycles. The third kappa shape index (κ3) is 3.32. The highest BCUT2D eigenvalue weighted by atomic mass is 79.9. The molecule has 1 fully saturated rings. The van der Waals surface area contributed by atoms with Crippen molar-refractivity contribution in [3.8, 4) is 0 Å². The van der Waals surface area contributed by atoms with Crippen molar-refractivity contribution in [2.75, 3.05) is 18.0 Å². The standard InChI is InChI=1S/C16H25BrN2/c1-5-13-9-18-15(11(2)3)10-19(13)16-7-6-12(4)8-14(16)17/h6-8,11,13,15,18H,5,9-10H2,1-4H3. The van der Waals surface area contributed by atoms with E-state index in [4.69, 9.17) is 0 Å². The molecule has 106 valence electrons. The van der Waals surface area contributed by atoms with Crippen molar-refractivity contribution in [3.05, 3.63) is 28.2 Å². The number of benzene rings is 1. The number of piperazine rings is 1. The Balaban J connectivity index is 2.27. The minimum atomic E-state index is 0.580. The molecule has 1 aromatic rings. The number of hydrogen-bond donors (Lipinski definition) is 1. The number of aryl methyl sites for hydroxylation is 1. The second-order valence-electron chi connectivity index (χ2n) is 5.93. The van der Waals surface area contributed by atoms with Gasteiger partial charge in [-0.1, -0.05) is 26.8 Å². The third-order valence-corrected chi connectivity index (χ3v) is 4.77. The van der Waals surface area contributed by atoms with E-state index in [-0.39, 0.29) is 0 Å². The quantitative estimate of drug-likeness (QED) is 0.905. The molecule has 2 unspecified atom stereocenters. The highest BCUT2D eigenvalue weighted by molar-refractivity contribution is 9.10. The maximum Gasteiger partial charge on any atom is 0.0514 e. The van der Waals surface area contributed by atoms with Gasteiger partial charge in [-0.15, -0.1) is 0 Å². The molecular formula is C16H25BrN2. The lowest BCUT2D eigenvalue weighted by Gasteiger charge is -2.43. The van der Waals surface area contributed by atoms with E-state index in [1.54, 1.807) is 0 Å². The van der Waals surface area contributed by atoms with Crippen LogP contribution in [0.25, 0.3) is 0 Å². The van der Waals surface area contributed by atoms with Gasteiger partial charge in [0.1, 0.15) is 0 Å². The molecule has 19 heavy (non-hydrogen) atoms. The predicted molar refractivity (Wildman–Crippen MR) is 86.9 cm³/mol. The van der Waals surface area contributed by atoms with Gasteiger partial charge in [0.2, 0.25) is 0 Å². The number of halogens is 1. The van der Waals surface area contributed by atoms with Gasteiger partial charge in [-0.25, -0.2) is 0 Å². The van der Waals surface area contributed by atoms with Crippen LogP contribution in [0.3, 0.4) is 0 Å². The lowest BCUT2D eigenvalue weighted by molar-refractivity contribution is 0.325. The van der Waals surface area contributed by atoms with Gasteiger partial charge in [0.25, 0.3) is 0 Å². The van der Waals surface area contributed by atoms with Crippen LogP contribution in [-0.2, 0) is 0 Å². The number of nitrogens with one attached hydrogen (secondary N) is 1. The van der Waals surface area contributed by atoms with Gasteiger partial charge in [-0.05, 0) is 52.9 Å². The summed E-state index contributed by atoms with van der Waals surface area (Å²) < 4.78 is 1.22. The van der Waals surface area contributed by atoms with E-state index in [1.165, 1.54) is 22.1 Å². The summed E-state index contributed by atoms with van der Waals surface area (Å²) >= 11 is 3.73. The molecule has 0 spiro atoms. The Kier molecular flexibility index (Phi) is 4.91. The number of anilines is 1. The van der Waals surface area contributed by atoms with E-state index in [1.807, 2.05) is 0 Å². The van der Waals surface area contributed by atoms with Gasteiger partial charge in [0, 0.05) is 29.6 Å². The van der Waals surface area contributed by atoms with E-state index < -0.39 is 0 Å². The molecule has 1 saturated heterocycles. The fraction of sp³-hybridized carbons (Fsp3) is 0.625. The second kappa shape index (κ2) is 6.27. The van der Waals surface area contributed by atoms with E-state index in [9.17, 15) is 0 Å². The molecule has 0 radical (unpaired) electrons. The van der Waals surface area contributed by atoms with Crippen LogP contribution in [0, 0.1) is 12.8 Å². The largest absolute Gasteiger partial charge is 0.365 e. The molecule has 0 bridgehead atoms. The van der Waals surface area contributed by atoms with Crippen molar-refractivity contribution in [2.24, 2.45) is 5.92 Å². The average Bonchev–Trinajstić information content (AvgIpc) is 2.38. The van der Waals surface area contributed by atoms with Crippen LogP contribution in [0.1, 0.15) is 32.8 Å². The summed E-state index contributed by atoms with van der Waals surface area (Å²) in [5.74, 6) is 0.671. The second-order valence-corrected chi connectivity index (χ2v) is 6.78. The van der Waals surface area contributed by atoms with Crippen molar-refractivity contribution in [1.82, 2.24) is 5.32 Å². The van der Waals surface area contributed by atoms with Crippen LogP contribution in [0.15, 0.2) is 22.7 Å². The van der Waals surface area contributed by atoms with Gasteiger partial charge in [0.15, 0.2) is 0 Å². The smallest absolute Gasteiger partial charge is 0.0514 e. The van der Waals surface area contributed by atoms with Crippen molar-refractivity contribution < 1.29 is 0 Å². The summed E-state index contributed by atoms with van der Waals surface area (Å²) in [7, 11) is 0. The Hall–Kier alpha value is -0.540. The molecule has 2 nitrogen and oxygen atoms in total. The Morgan fingerprint density at radius 3 is 2.74 bits per heavy atom. The minimum Gasteiger partial charge on any atom is -0.365 e. The van der Waals surface area contributed by atoms with Crippen LogP contribution in [0.2, 0.25) is 0 Å². The first-order valence-electron chi connectivity index (χ1n) is 7.29. The van der Waals surface area contributed by atoms with E-state index in [0.29, 0.717) is 18.0 Å². The van der Waals surface area contributed by atoms with E-state index in [2.05, 4.69) is 72.0 Å². The molecule has 2 rings (SSSR count). The molecule has 0 aromatic heterocycles. The van der Waals surface area contributed by atoms with Crippen LogP contribution < -0.4 is 10.2 Å². The predicted octanol–water partition coefficient (Wildman–Crippen LogP) is 3.97. The highest BCUT2D eigenvalue weighted by Gasteiger charge is 2.29. The zero-order chi connectivity index (χ0) is 14.0. The zero-order valence-corrected chi connectivity index (χ0v) is 14.0. The minimum absolute atomic E-state index is 0.580. The van der Waals surface area contributed by atoms with Gasteiger partial charge in [-0.3, -0.25) is 0 Å². The fourth-order valence-corrected chi connectivity index (χ4v) is 3.50. The fourth-order valence-electron chi connectivity index (χ4n) is 2.77. The summed E-state index contributed by atoms with van der Waals surface area (Å²) in [5.41, 5.74) is 2.64. The maximum absolute atomic E-state index is 3.73. The Morgan fingerprint density at radius 1 is 1.42 bits per heavy atom. The topological polar surface area (TPSA) is 15.3 Å². The molecule has 0 saturated carbocycles. The first-order chi connectivity index (χ1) is 9.02. The van der Waals surface area contributed by atoms with Crippen molar-refractivity contribution in [3.63, 3.8) is 0 Å². The molecule has 0 aliphatic carbocycles. The molecule has 1 aromatic carbocycles. The zero-order valence-electron chi connectivity index (χ0n) is 12.4. The molecule has 0 amide bonds. The molecular weight excluding hydrogens is 300 g/mol. The average molecular weight is 325 g/mol. The summed E-state index contributed by atoms with van der Waals surface area (Å²) in [5, 5.41) is 3.69. The SMILES string of the molecule is CCC1CNC(C(C)C)CN1c1ccc(C)cc1Br. The van der Waals surface area contributed by atoms with Gasteiger partial charge in [-0.2, -0.15) is 0 Å². The summed E-state index contributed by atoms with van der Waals surface area (Å²) in [6.45, 7) is 11.2. The maximum atomic E-state index is 3.73. The van der Waals surface area contributed by atoms with Gasteiger partial charge < -0.3 is 10.2 Å². The lowest BCUT2D eigenvalue weighted by atomic mass is 9.97. The summed E-state index contributed by atoms with van der Waals surface area (Å²) in [4.78, 5) is 2.57. The normalized spacial score (nSPS) is 24.0. The third-order valence-electron chi connectivity index (χ3n) is 4.14. The van der Waals surface area contributed by atoms with Crippen molar-refractivity contribution in [1.29, 1.82) is 0 Å². The van der Waals surface area contributed by atoms with Crippen LogP contribution in [-0.4, -0.2) is 25.2 Å². The summed E-state index contributed by atoms with van der Waals surface area (Å²) in [6, 6.07) is 7.85. The first-order valence-corrected chi connectivity index (χ1v) is 8.08. The van der Waals surface area contributed by atoms with Crippen LogP contribution >= 0.6 is 15.9 Å². The van der Waals surface area contributed by atoms with Gasteiger partial charge >= 0.3 is 0 Å². The highest BCUT2D eigenvalue weighted by Crippen LogP contribution is 2.31. The monoisotopic (exact) mass is 324 g/mol. The molecule has 2 atom stereocenters. The number of nitrogens with zero attached hydrogens (tertiary/aromatic N) is 1. The lowest BCUT2D eigenvalue weighted by Crippen LogP contribution is -2.58. The van der Waals surface area contributed by atoms with Crippen molar-refractivity contribution in [2.45, 2.75) is 46.2 Å². The molecule has 1 N–H and O–H groups in total. The Labute approximate surface area is 125 Å². The van der Waals surface area contributed by atoms with Crippen molar-refractivity contribution >= 4 is 21.6 Å². The Bertz CT molecular complexity index is 431. The molecule has 1 heterocycles. The number of rotatable bonds is 3. The van der Waals surface area contributed by atoms with Crippen LogP contribution in [0.5, 0.6) is 0 Å². The Morgan fingerprint density at radius 2 is 2.16 bits per heavy atom. The molecule has 1 aliphatic rings. The van der Waals surface area contributed by atoms with Crippen LogP contribution in [0.4, 0.5) is 5.69 Å². The number of hydrogen-bond acceptors (Lipinski definition) is 2. The first kappa shape index (κ1) is 14.9. The summed E-state index contributed by atoms with van der Waals surface area (Å²) in [6.07, 6.45) is 1.18. The van der Waals surface area contributed by atoms with E-state index >= 15 is 0 Å². The van der Waals surface area contributed by atoms with Gasteiger partial charge in [0.05, 0.1) is 5.69 Å².